The Hall–Kier alpha value is -2.40. The number of fused-ring (bicyclic) bond motifs is 1. The fraction of sp³-hybridized carbons (Fsp3) is 0.188. The molecular weight excluding hydrogens is 302 g/mol. The van der Waals surface area contributed by atoms with Crippen LogP contribution in [-0.2, 0) is 4.74 Å². The van der Waals surface area contributed by atoms with Gasteiger partial charge < -0.3 is 4.74 Å². The Bertz CT molecular complexity index is 858. The van der Waals surface area contributed by atoms with E-state index in [-0.39, 0.29) is 5.69 Å². The second-order valence-electron chi connectivity index (χ2n) is 4.81. The lowest BCUT2D eigenvalue weighted by atomic mass is 10.1. The molecule has 1 aromatic carbocycles. The van der Waals surface area contributed by atoms with Gasteiger partial charge in [-0.05, 0) is 37.6 Å². The quantitative estimate of drug-likeness (QED) is 0.694. The van der Waals surface area contributed by atoms with Gasteiger partial charge in [0, 0.05) is 16.3 Å². The van der Waals surface area contributed by atoms with E-state index in [0.29, 0.717) is 17.3 Å². The summed E-state index contributed by atoms with van der Waals surface area (Å²) in [5.74, 6) is -0.439. The number of aryl methyl sites for hydroxylation is 1. The van der Waals surface area contributed by atoms with E-state index in [4.69, 9.17) is 16.3 Å². The Labute approximate surface area is 132 Å². The Morgan fingerprint density at radius 3 is 2.91 bits per heavy atom. The van der Waals surface area contributed by atoms with Gasteiger partial charge in [-0.25, -0.2) is 14.3 Å². The van der Waals surface area contributed by atoms with Crippen molar-refractivity contribution in [2.24, 2.45) is 0 Å². The van der Waals surface area contributed by atoms with Crippen LogP contribution >= 0.6 is 11.6 Å². The third kappa shape index (κ3) is 2.55. The van der Waals surface area contributed by atoms with Gasteiger partial charge >= 0.3 is 5.97 Å². The molecule has 2 aromatic heterocycles. The Kier molecular flexibility index (Phi) is 3.81. The van der Waals surface area contributed by atoms with Crippen LogP contribution in [0.1, 0.15) is 23.1 Å². The largest absolute Gasteiger partial charge is 0.461 e. The highest BCUT2D eigenvalue weighted by Crippen LogP contribution is 2.26. The van der Waals surface area contributed by atoms with E-state index in [0.717, 1.165) is 16.8 Å². The number of rotatable bonds is 3. The van der Waals surface area contributed by atoms with E-state index in [9.17, 15) is 4.79 Å². The first-order valence-corrected chi connectivity index (χ1v) is 7.26. The summed E-state index contributed by atoms with van der Waals surface area (Å²) in [5.41, 5.74) is 3.40. The number of halogens is 1. The number of carbonyl (C=O) groups is 1. The molecule has 0 N–H and O–H groups in total. The minimum absolute atomic E-state index is 0.274. The number of esters is 1. The molecular formula is C16H14ClN3O2. The second kappa shape index (κ2) is 5.77. The maximum atomic E-state index is 11.9. The lowest BCUT2D eigenvalue weighted by molar-refractivity contribution is 0.0519. The van der Waals surface area contributed by atoms with Crippen LogP contribution in [0.3, 0.4) is 0 Å². The maximum absolute atomic E-state index is 11.9. The van der Waals surface area contributed by atoms with E-state index in [1.54, 1.807) is 29.8 Å². The minimum Gasteiger partial charge on any atom is -0.461 e. The predicted octanol–water partition coefficient (Wildman–Crippen LogP) is 3.53. The number of hydrogen-bond acceptors (Lipinski definition) is 4. The van der Waals surface area contributed by atoms with Crippen LogP contribution in [0.5, 0.6) is 0 Å². The molecule has 0 atom stereocenters. The van der Waals surface area contributed by atoms with Crippen LogP contribution in [-0.4, -0.2) is 27.2 Å². The first kappa shape index (κ1) is 14.5. The molecule has 0 amide bonds. The molecule has 3 rings (SSSR count). The van der Waals surface area contributed by atoms with Crippen molar-refractivity contribution in [2.75, 3.05) is 6.61 Å². The highest BCUT2D eigenvalue weighted by molar-refractivity contribution is 6.30. The van der Waals surface area contributed by atoms with Crippen molar-refractivity contribution in [2.45, 2.75) is 13.8 Å². The van der Waals surface area contributed by atoms with Crippen LogP contribution < -0.4 is 0 Å². The molecule has 2 heterocycles. The Balaban J connectivity index is 2.18. The summed E-state index contributed by atoms with van der Waals surface area (Å²) < 4.78 is 6.71. The van der Waals surface area contributed by atoms with E-state index >= 15 is 0 Å². The summed E-state index contributed by atoms with van der Waals surface area (Å²) in [4.78, 5) is 16.3. The maximum Gasteiger partial charge on any atom is 0.357 e. The van der Waals surface area contributed by atoms with Gasteiger partial charge in [0.05, 0.1) is 12.8 Å². The predicted molar refractivity (Wildman–Crippen MR) is 84.1 cm³/mol. The molecule has 0 unspecified atom stereocenters. The zero-order valence-corrected chi connectivity index (χ0v) is 13.0. The number of nitrogens with zero attached hydrogens (tertiary/aromatic N) is 3. The molecule has 6 heteroatoms. The topological polar surface area (TPSA) is 56.5 Å². The van der Waals surface area contributed by atoms with E-state index in [1.807, 2.05) is 25.1 Å². The summed E-state index contributed by atoms with van der Waals surface area (Å²) in [5, 5.41) is 4.96. The summed E-state index contributed by atoms with van der Waals surface area (Å²) in [6, 6.07) is 9.10. The normalized spacial score (nSPS) is 10.9. The zero-order valence-electron chi connectivity index (χ0n) is 12.2. The lowest BCUT2D eigenvalue weighted by Gasteiger charge is -2.05. The SMILES string of the molecule is CCOC(=O)c1cc(C)n2ncc(-c3cccc(Cl)c3)c2n1. The van der Waals surface area contributed by atoms with Gasteiger partial charge in [0.15, 0.2) is 11.3 Å². The number of ether oxygens (including phenoxy) is 1. The monoisotopic (exact) mass is 315 g/mol. The number of carbonyl (C=O) groups excluding carboxylic acids is 1. The minimum atomic E-state index is -0.439. The fourth-order valence-electron chi connectivity index (χ4n) is 2.28. The van der Waals surface area contributed by atoms with E-state index in [1.165, 1.54) is 0 Å². The van der Waals surface area contributed by atoms with Crippen molar-refractivity contribution in [1.29, 1.82) is 0 Å². The average molecular weight is 316 g/mol. The van der Waals surface area contributed by atoms with Gasteiger partial charge in [0.1, 0.15) is 0 Å². The molecule has 112 valence electrons. The molecule has 0 radical (unpaired) electrons. The van der Waals surface area contributed by atoms with Gasteiger partial charge in [0.2, 0.25) is 0 Å². The molecule has 0 spiro atoms. The van der Waals surface area contributed by atoms with Crippen LogP contribution in [0.4, 0.5) is 0 Å². The van der Waals surface area contributed by atoms with Crippen molar-refractivity contribution in [3.63, 3.8) is 0 Å². The van der Waals surface area contributed by atoms with Crippen LogP contribution in [0.2, 0.25) is 5.02 Å². The zero-order chi connectivity index (χ0) is 15.7. The standard InChI is InChI=1S/C16H14ClN3O2/c1-3-22-16(21)14-7-10(2)20-15(19-14)13(9-18-20)11-5-4-6-12(17)8-11/h4-9H,3H2,1-2H3. The third-order valence-electron chi connectivity index (χ3n) is 3.27. The van der Waals surface area contributed by atoms with Crippen LogP contribution in [0.25, 0.3) is 16.8 Å². The van der Waals surface area contributed by atoms with Crippen LogP contribution in [0, 0.1) is 6.92 Å². The smallest absolute Gasteiger partial charge is 0.357 e. The summed E-state index contributed by atoms with van der Waals surface area (Å²) in [6.45, 7) is 3.94. The number of hydrogen-bond donors (Lipinski definition) is 0. The third-order valence-corrected chi connectivity index (χ3v) is 3.51. The highest BCUT2D eigenvalue weighted by atomic mass is 35.5. The van der Waals surface area contributed by atoms with Crippen molar-refractivity contribution in [3.05, 3.63) is 52.9 Å². The second-order valence-corrected chi connectivity index (χ2v) is 5.24. The molecule has 22 heavy (non-hydrogen) atoms. The van der Waals surface area contributed by atoms with Gasteiger partial charge in [-0.3, -0.25) is 0 Å². The lowest BCUT2D eigenvalue weighted by Crippen LogP contribution is -2.10. The van der Waals surface area contributed by atoms with Crippen molar-refractivity contribution in [3.8, 4) is 11.1 Å². The van der Waals surface area contributed by atoms with Crippen molar-refractivity contribution < 1.29 is 9.53 Å². The first-order valence-electron chi connectivity index (χ1n) is 6.88. The summed E-state index contributed by atoms with van der Waals surface area (Å²) in [6.07, 6.45) is 1.72. The number of aromatic nitrogens is 3. The van der Waals surface area contributed by atoms with E-state index < -0.39 is 5.97 Å². The molecule has 3 aromatic rings. The van der Waals surface area contributed by atoms with Crippen LogP contribution in [0.15, 0.2) is 36.5 Å². The summed E-state index contributed by atoms with van der Waals surface area (Å²) >= 11 is 6.05. The molecule has 0 aliphatic carbocycles. The van der Waals surface area contributed by atoms with Gasteiger partial charge in [0.25, 0.3) is 0 Å². The molecule has 0 bridgehead atoms. The van der Waals surface area contributed by atoms with Gasteiger partial charge in [-0.1, -0.05) is 23.7 Å². The molecule has 0 saturated heterocycles. The van der Waals surface area contributed by atoms with Gasteiger partial charge in [-0.2, -0.15) is 5.10 Å². The van der Waals surface area contributed by atoms with Gasteiger partial charge in [-0.15, -0.1) is 0 Å². The average Bonchev–Trinajstić information content (AvgIpc) is 2.92. The molecule has 5 nitrogen and oxygen atoms in total. The Morgan fingerprint density at radius 2 is 2.18 bits per heavy atom. The highest BCUT2D eigenvalue weighted by Gasteiger charge is 2.15. The Morgan fingerprint density at radius 1 is 1.36 bits per heavy atom. The molecule has 0 saturated carbocycles. The molecule has 0 aliphatic heterocycles. The number of benzene rings is 1. The molecule has 0 aliphatic rings. The van der Waals surface area contributed by atoms with Crippen molar-refractivity contribution >= 4 is 23.2 Å². The first-order chi connectivity index (χ1) is 10.6. The summed E-state index contributed by atoms with van der Waals surface area (Å²) in [7, 11) is 0. The fourth-order valence-corrected chi connectivity index (χ4v) is 2.47. The van der Waals surface area contributed by atoms with Crippen molar-refractivity contribution in [1.82, 2.24) is 14.6 Å². The van der Waals surface area contributed by atoms with E-state index in [2.05, 4.69) is 10.1 Å². The molecule has 0 fully saturated rings.